The topological polar surface area (TPSA) is 32.6 Å². The van der Waals surface area contributed by atoms with Crippen molar-refractivity contribution in [1.82, 2.24) is 0 Å². The molecule has 27 heavy (non-hydrogen) atoms. The lowest BCUT2D eigenvalue weighted by molar-refractivity contribution is -0.00518. The standard InChI is InChI=1S/C23H23Br2NO/c24-19-8-17(22(27)21(25)9-19)13-26-20-3-1-18(2-4-20)23-10-14-5-15(11-23)7-16(6-14)12-23/h1-4,8-9,13-16,27H,5-7,10-12H2. The van der Waals surface area contributed by atoms with Gasteiger partial charge in [0.2, 0.25) is 0 Å². The largest absolute Gasteiger partial charge is 0.506 e. The minimum Gasteiger partial charge on any atom is -0.506 e. The van der Waals surface area contributed by atoms with Crippen LogP contribution in [0.1, 0.15) is 49.7 Å². The van der Waals surface area contributed by atoms with Crippen molar-refractivity contribution < 1.29 is 5.11 Å². The molecule has 4 aliphatic rings. The summed E-state index contributed by atoms with van der Waals surface area (Å²) in [5.74, 6) is 3.11. The van der Waals surface area contributed by atoms with E-state index in [-0.39, 0.29) is 5.75 Å². The summed E-state index contributed by atoms with van der Waals surface area (Å²) in [6, 6.07) is 12.6. The van der Waals surface area contributed by atoms with E-state index in [1.165, 1.54) is 44.1 Å². The molecule has 4 aliphatic carbocycles. The molecule has 4 heteroatoms. The van der Waals surface area contributed by atoms with E-state index in [0.717, 1.165) is 27.9 Å². The van der Waals surface area contributed by atoms with Gasteiger partial charge in [-0.2, -0.15) is 0 Å². The van der Waals surface area contributed by atoms with Crippen LogP contribution in [0.15, 0.2) is 50.3 Å². The van der Waals surface area contributed by atoms with Gasteiger partial charge >= 0.3 is 0 Å². The lowest BCUT2D eigenvalue weighted by Gasteiger charge is -2.57. The Balaban J connectivity index is 1.38. The van der Waals surface area contributed by atoms with E-state index in [1.54, 1.807) is 6.21 Å². The summed E-state index contributed by atoms with van der Waals surface area (Å²) in [5, 5.41) is 10.2. The van der Waals surface area contributed by atoms with Crippen LogP contribution < -0.4 is 0 Å². The molecule has 0 atom stereocenters. The normalized spacial score (nSPS) is 31.7. The average molecular weight is 489 g/mol. The van der Waals surface area contributed by atoms with Gasteiger partial charge < -0.3 is 5.11 Å². The van der Waals surface area contributed by atoms with Gasteiger partial charge in [-0.1, -0.05) is 28.1 Å². The first kappa shape index (κ1) is 17.9. The van der Waals surface area contributed by atoms with Crippen molar-refractivity contribution in [1.29, 1.82) is 0 Å². The smallest absolute Gasteiger partial charge is 0.138 e. The fraction of sp³-hybridized carbons (Fsp3) is 0.435. The van der Waals surface area contributed by atoms with E-state index in [2.05, 4.69) is 61.1 Å². The molecule has 1 N–H and O–H groups in total. The van der Waals surface area contributed by atoms with E-state index in [4.69, 9.17) is 0 Å². The Morgan fingerprint density at radius 2 is 1.52 bits per heavy atom. The van der Waals surface area contributed by atoms with Crippen molar-refractivity contribution in [3.05, 3.63) is 56.5 Å². The zero-order valence-corrected chi connectivity index (χ0v) is 18.3. The summed E-state index contributed by atoms with van der Waals surface area (Å²) in [6.07, 6.45) is 10.3. The molecule has 2 aromatic carbocycles. The van der Waals surface area contributed by atoms with Crippen LogP contribution in [0.3, 0.4) is 0 Å². The Bertz CT molecular complexity index is 868. The number of rotatable bonds is 3. The molecule has 140 valence electrons. The van der Waals surface area contributed by atoms with Crippen LogP contribution in [0.4, 0.5) is 5.69 Å². The third kappa shape index (κ3) is 3.29. The number of hydrogen-bond donors (Lipinski definition) is 1. The maximum atomic E-state index is 10.2. The molecule has 4 bridgehead atoms. The zero-order valence-electron chi connectivity index (χ0n) is 15.2. The minimum atomic E-state index is 0.215. The van der Waals surface area contributed by atoms with Gasteiger partial charge in [0.25, 0.3) is 0 Å². The molecular formula is C23H23Br2NO. The molecular weight excluding hydrogens is 466 g/mol. The summed E-state index contributed by atoms with van der Waals surface area (Å²) in [6.45, 7) is 0. The first-order valence-corrected chi connectivity index (χ1v) is 11.4. The van der Waals surface area contributed by atoms with Crippen molar-refractivity contribution >= 4 is 43.8 Å². The Kier molecular flexibility index (Phi) is 4.47. The predicted octanol–water partition coefficient (Wildman–Crippen LogP) is 7.14. The minimum absolute atomic E-state index is 0.215. The molecule has 4 fully saturated rings. The van der Waals surface area contributed by atoms with Crippen LogP contribution in [-0.4, -0.2) is 11.3 Å². The highest BCUT2D eigenvalue weighted by Gasteiger charge is 2.51. The first-order valence-electron chi connectivity index (χ1n) is 9.83. The Morgan fingerprint density at radius 3 is 2.11 bits per heavy atom. The van der Waals surface area contributed by atoms with Gasteiger partial charge in [-0.15, -0.1) is 0 Å². The number of aliphatic imine (C=N–C) groups is 1. The van der Waals surface area contributed by atoms with Gasteiger partial charge in [-0.3, -0.25) is 4.99 Å². The highest BCUT2D eigenvalue weighted by molar-refractivity contribution is 9.11. The third-order valence-corrected chi connectivity index (χ3v) is 7.99. The SMILES string of the molecule is Oc1c(Br)cc(Br)cc1C=Nc1ccc(C23CC4CC(CC(C4)C2)C3)cc1. The summed E-state index contributed by atoms with van der Waals surface area (Å²) in [5.41, 5.74) is 3.58. The molecule has 0 aromatic heterocycles. The van der Waals surface area contributed by atoms with Gasteiger partial charge in [0, 0.05) is 16.3 Å². The van der Waals surface area contributed by atoms with E-state index in [0.29, 0.717) is 15.5 Å². The molecule has 0 amide bonds. The highest BCUT2D eigenvalue weighted by atomic mass is 79.9. The van der Waals surface area contributed by atoms with Crippen LogP contribution in [0.5, 0.6) is 5.75 Å². The predicted molar refractivity (Wildman–Crippen MR) is 117 cm³/mol. The summed E-state index contributed by atoms with van der Waals surface area (Å²) < 4.78 is 1.57. The van der Waals surface area contributed by atoms with Crippen LogP contribution in [0, 0.1) is 17.8 Å². The molecule has 6 rings (SSSR count). The second-order valence-corrected chi connectivity index (χ2v) is 10.6. The van der Waals surface area contributed by atoms with Gasteiger partial charge in [0.15, 0.2) is 0 Å². The van der Waals surface area contributed by atoms with Crippen molar-refractivity contribution in [2.45, 2.75) is 43.9 Å². The van der Waals surface area contributed by atoms with Crippen LogP contribution in [0.25, 0.3) is 0 Å². The number of phenolic OH excluding ortho intramolecular Hbond substituents is 1. The molecule has 4 saturated carbocycles. The molecule has 0 saturated heterocycles. The number of hydrogen-bond acceptors (Lipinski definition) is 2. The fourth-order valence-corrected chi connectivity index (χ4v) is 7.45. The number of halogens is 2. The molecule has 0 heterocycles. The van der Waals surface area contributed by atoms with E-state index in [1.807, 2.05) is 12.1 Å². The van der Waals surface area contributed by atoms with E-state index >= 15 is 0 Å². The van der Waals surface area contributed by atoms with Crippen molar-refractivity contribution in [3.8, 4) is 5.75 Å². The number of benzene rings is 2. The van der Waals surface area contributed by atoms with E-state index < -0.39 is 0 Å². The van der Waals surface area contributed by atoms with Crippen LogP contribution in [-0.2, 0) is 5.41 Å². The van der Waals surface area contributed by atoms with Gasteiger partial charge in [0.05, 0.1) is 10.2 Å². The molecule has 2 nitrogen and oxygen atoms in total. The molecule has 0 aliphatic heterocycles. The van der Waals surface area contributed by atoms with Crippen molar-refractivity contribution in [2.24, 2.45) is 22.7 Å². The average Bonchev–Trinajstić information content (AvgIpc) is 2.63. The number of aromatic hydroxyl groups is 1. The second-order valence-electron chi connectivity index (χ2n) is 8.83. The molecule has 0 radical (unpaired) electrons. The van der Waals surface area contributed by atoms with Gasteiger partial charge in [-0.05, 0) is 107 Å². The Labute approximate surface area is 177 Å². The van der Waals surface area contributed by atoms with Gasteiger partial charge in [-0.25, -0.2) is 0 Å². The monoisotopic (exact) mass is 487 g/mol. The second kappa shape index (κ2) is 6.73. The van der Waals surface area contributed by atoms with E-state index in [9.17, 15) is 5.11 Å². The fourth-order valence-electron chi connectivity index (χ4n) is 6.19. The summed E-state index contributed by atoms with van der Waals surface area (Å²) >= 11 is 6.82. The van der Waals surface area contributed by atoms with Gasteiger partial charge in [0.1, 0.15) is 5.75 Å². The third-order valence-electron chi connectivity index (χ3n) is 6.93. The Morgan fingerprint density at radius 1 is 0.926 bits per heavy atom. The first-order chi connectivity index (χ1) is 13.0. The van der Waals surface area contributed by atoms with Crippen LogP contribution >= 0.6 is 31.9 Å². The molecule has 0 unspecified atom stereocenters. The maximum absolute atomic E-state index is 10.2. The van der Waals surface area contributed by atoms with Crippen molar-refractivity contribution in [3.63, 3.8) is 0 Å². The summed E-state index contributed by atoms with van der Waals surface area (Å²) in [4.78, 5) is 4.58. The number of nitrogens with zero attached hydrogens (tertiary/aromatic N) is 1. The lowest BCUT2D eigenvalue weighted by atomic mass is 9.48. The maximum Gasteiger partial charge on any atom is 0.138 e. The lowest BCUT2D eigenvalue weighted by Crippen LogP contribution is -2.48. The van der Waals surface area contributed by atoms with Crippen LogP contribution in [0.2, 0.25) is 0 Å². The zero-order chi connectivity index (χ0) is 18.6. The number of phenols is 1. The highest BCUT2D eigenvalue weighted by Crippen LogP contribution is 2.60. The quantitative estimate of drug-likeness (QED) is 0.457. The summed E-state index contributed by atoms with van der Waals surface area (Å²) in [7, 11) is 0. The molecule has 0 spiro atoms. The Hall–Kier alpha value is -1.13. The molecule has 2 aromatic rings. The van der Waals surface area contributed by atoms with Crippen molar-refractivity contribution in [2.75, 3.05) is 0 Å².